The van der Waals surface area contributed by atoms with Crippen LogP contribution in [0.3, 0.4) is 0 Å². The second-order valence-corrected chi connectivity index (χ2v) is 3.37. The average Bonchev–Trinajstić information content (AvgIpc) is 2.20. The van der Waals surface area contributed by atoms with Crippen LogP contribution in [0.15, 0.2) is 4.99 Å². The van der Waals surface area contributed by atoms with E-state index in [2.05, 4.69) is 10.4 Å². The Bertz CT molecular complexity index is 233. The monoisotopic (exact) mass is 256 g/mol. The summed E-state index contributed by atoms with van der Waals surface area (Å²) in [6, 6.07) is 0. The van der Waals surface area contributed by atoms with Gasteiger partial charge in [0.2, 0.25) is 5.96 Å². The Kier molecular flexibility index (Phi) is 7.64. The van der Waals surface area contributed by atoms with Crippen molar-refractivity contribution in [1.29, 1.82) is 0 Å². The minimum Gasteiger partial charge on any atom is -0.382 e. The Morgan fingerprint density at radius 2 is 2.12 bits per heavy atom. The molecule has 8 heteroatoms. The van der Waals surface area contributed by atoms with Crippen LogP contribution < -0.4 is 11.3 Å². The summed E-state index contributed by atoms with van der Waals surface area (Å²) in [5, 5.41) is 0. The number of hydrogen-bond donors (Lipinski definition) is 2. The van der Waals surface area contributed by atoms with Gasteiger partial charge in [0.25, 0.3) is 0 Å². The number of nitrogens with two attached hydrogens (primary N) is 1. The number of rotatable bonds is 6. The van der Waals surface area contributed by atoms with Gasteiger partial charge in [0.15, 0.2) is 0 Å². The molecular weight excluding hydrogens is 237 g/mol. The first-order chi connectivity index (χ1) is 7.90. The first kappa shape index (κ1) is 16.0. The van der Waals surface area contributed by atoms with E-state index in [1.54, 1.807) is 0 Å². The molecule has 102 valence electrons. The quantitative estimate of drug-likeness (QED) is 0.242. The van der Waals surface area contributed by atoms with Gasteiger partial charge in [0.05, 0.1) is 0 Å². The van der Waals surface area contributed by atoms with Crippen molar-refractivity contribution in [3.05, 3.63) is 0 Å². The van der Waals surface area contributed by atoms with E-state index >= 15 is 0 Å². The fraction of sp³-hybridized carbons (Fsp3) is 0.889. The van der Waals surface area contributed by atoms with E-state index in [0.717, 1.165) is 4.90 Å². The van der Waals surface area contributed by atoms with Gasteiger partial charge >= 0.3 is 6.18 Å². The van der Waals surface area contributed by atoms with Crippen LogP contribution in [-0.4, -0.2) is 50.4 Å². The molecule has 0 aromatic rings. The highest BCUT2D eigenvalue weighted by molar-refractivity contribution is 5.79. The van der Waals surface area contributed by atoms with Crippen molar-refractivity contribution >= 4 is 5.96 Å². The maximum Gasteiger partial charge on any atom is 0.406 e. The van der Waals surface area contributed by atoms with Gasteiger partial charge in [0.1, 0.15) is 6.54 Å². The van der Waals surface area contributed by atoms with Gasteiger partial charge < -0.3 is 9.64 Å². The van der Waals surface area contributed by atoms with Crippen molar-refractivity contribution in [3.63, 3.8) is 0 Å². The number of nitrogens with one attached hydrogen (secondary N) is 1. The normalized spacial score (nSPS) is 12.7. The van der Waals surface area contributed by atoms with Crippen LogP contribution in [0.2, 0.25) is 0 Å². The van der Waals surface area contributed by atoms with Gasteiger partial charge in [-0.1, -0.05) is 0 Å². The number of alkyl halides is 3. The molecule has 0 spiro atoms. The fourth-order valence-electron chi connectivity index (χ4n) is 1.12. The predicted octanol–water partition coefficient (Wildman–Crippen LogP) is 0.726. The van der Waals surface area contributed by atoms with E-state index in [9.17, 15) is 13.2 Å². The van der Waals surface area contributed by atoms with Crippen molar-refractivity contribution in [2.45, 2.75) is 19.5 Å². The van der Waals surface area contributed by atoms with Crippen molar-refractivity contribution < 1.29 is 17.9 Å². The summed E-state index contributed by atoms with van der Waals surface area (Å²) < 4.78 is 41.4. The molecule has 0 aromatic carbocycles. The van der Waals surface area contributed by atoms with Crippen LogP contribution in [0, 0.1) is 0 Å². The maximum atomic E-state index is 12.1. The standard InChI is InChI=1S/C9H19F3N4O/c1-3-17-6-4-5-14-8(15-13)16(2)7-9(10,11)12/h3-7,13H2,1-2H3,(H,14,15). The summed E-state index contributed by atoms with van der Waals surface area (Å²) in [5.41, 5.74) is 2.15. The van der Waals surface area contributed by atoms with Crippen molar-refractivity contribution in [3.8, 4) is 0 Å². The minimum atomic E-state index is -4.28. The van der Waals surface area contributed by atoms with Gasteiger partial charge in [-0.3, -0.25) is 10.4 Å². The Labute approximate surface area is 98.8 Å². The van der Waals surface area contributed by atoms with Crippen LogP contribution in [0.4, 0.5) is 13.2 Å². The largest absolute Gasteiger partial charge is 0.406 e. The number of nitrogens with zero attached hydrogens (tertiary/aromatic N) is 2. The van der Waals surface area contributed by atoms with E-state index < -0.39 is 12.7 Å². The Balaban J connectivity index is 4.07. The van der Waals surface area contributed by atoms with Crippen molar-refractivity contribution in [1.82, 2.24) is 10.3 Å². The van der Waals surface area contributed by atoms with Crippen molar-refractivity contribution in [2.24, 2.45) is 10.8 Å². The van der Waals surface area contributed by atoms with Crippen LogP contribution >= 0.6 is 0 Å². The zero-order chi connectivity index (χ0) is 13.3. The zero-order valence-electron chi connectivity index (χ0n) is 10.0. The molecule has 0 saturated carbocycles. The third kappa shape index (κ3) is 8.75. The topological polar surface area (TPSA) is 62.9 Å². The molecule has 0 aliphatic carbocycles. The first-order valence-corrected chi connectivity index (χ1v) is 5.27. The van der Waals surface area contributed by atoms with Gasteiger partial charge in [0, 0.05) is 26.8 Å². The van der Waals surface area contributed by atoms with E-state index in [4.69, 9.17) is 10.6 Å². The number of guanidine groups is 1. The third-order valence-electron chi connectivity index (χ3n) is 1.82. The number of halogens is 3. The van der Waals surface area contributed by atoms with Crippen LogP contribution in [0.25, 0.3) is 0 Å². The first-order valence-electron chi connectivity index (χ1n) is 5.27. The summed E-state index contributed by atoms with van der Waals surface area (Å²) in [6.07, 6.45) is -3.64. The minimum absolute atomic E-state index is 0.0128. The Hall–Kier alpha value is -1.02. The summed E-state index contributed by atoms with van der Waals surface area (Å²) in [6.45, 7) is 2.27. The molecular formula is C9H19F3N4O. The van der Waals surface area contributed by atoms with Crippen LogP contribution in [0.5, 0.6) is 0 Å². The summed E-state index contributed by atoms with van der Waals surface area (Å²) in [4.78, 5) is 4.84. The predicted molar refractivity (Wildman–Crippen MR) is 59.4 cm³/mol. The van der Waals surface area contributed by atoms with E-state index in [1.807, 2.05) is 6.92 Å². The molecule has 0 amide bonds. The highest BCUT2D eigenvalue weighted by Gasteiger charge is 2.30. The summed E-state index contributed by atoms with van der Waals surface area (Å²) in [5.74, 6) is 5.13. The lowest BCUT2D eigenvalue weighted by Crippen LogP contribution is -2.46. The van der Waals surface area contributed by atoms with Crippen LogP contribution in [0.1, 0.15) is 13.3 Å². The average molecular weight is 256 g/mol. The highest BCUT2D eigenvalue weighted by atomic mass is 19.4. The van der Waals surface area contributed by atoms with Crippen LogP contribution in [-0.2, 0) is 4.74 Å². The number of aliphatic imine (C=N–C) groups is 1. The third-order valence-corrected chi connectivity index (χ3v) is 1.82. The molecule has 5 nitrogen and oxygen atoms in total. The molecule has 0 atom stereocenters. The molecule has 3 N–H and O–H groups in total. The molecule has 0 aliphatic heterocycles. The molecule has 0 bridgehead atoms. The number of ether oxygens (including phenoxy) is 1. The SMILES string of the molecule is CCOCCCN=C(NN)N(C)CC(F)(F)F. The van der Waals surface area contributed by atoms with Gasteiger partial charge in [-0.2, -0.15) is 13.2 Å². The molecule has 0 fully saturated rings. The maximum absolute atomic E-state index is 12.1. The van der Waals surface area contributed by atoms with Gasteiger partial charge in [-0.05, 0) is 13.3 Å². The lowest BCUT2D eigenvalue weighted by molar-refractivity contribution is -0.136. The zero-order valence-corrected chi connectivity index (χ0v) is 10.0. The van der Waals surface area contributed by atoms with E-state index in [1.165, 1.54) is 7.05 Å². The lowest BCUT2D eigenvalue weighted by atomic mass is 10.4. The number of hydrogen-bond acceptors (Lipinski definition) is 3. The summed E-state index contributed by atoms with van der Waals surface area (Å²) in [7, 11) is 1.27. The van der Waals surface area contributed by atoms with Gasteiger partial charge in [-0.15, -0.1) is 0 Å². The Morgan fingerprint density at radius 1 is 1.47 bits per heavy atom. The number of hydrazine groups is 1. The Morgan fingerprint density at radius 3 is 2.59 bits per heavy atom. The highest BCUT2D eigenvalue weighted by Crippen LogP contribution is 2.15. The lowest BCUT2D eigenvalue weighted by Gasteiger charge is -2.21. The second kappa shape index (κ2) is 8.13. The molecule has 0 saturated heterocycles. The van der Waals surface area contributed by atoms with E-state index in [0.29, 0.717) is 26.2 Å². The summed E-state index contributed by atoms with van der Waals surface area (Å²) >= 11 is 0. The molecule has 0 heterocycles. The van der Waals surface area contributed by atoms with E-state index in [-0.39, 0.29) is 5.96 Å². The molecule has 17 heavy (non-hydrogen) atoms. The van der Waals surface area contributed by atoms with Crippen molar-refractivity contribution in [2.75, 3.05) is 33.4 Å². The molecule has 0 radical (unpaired) electrons. The van der Waals surface area contributed by atoms with Gasteiger partial charge in [-0.25, -0.2) is 5.84 Å². The molecule has 0 rings (SSSR count). The molecule has 0 unspecified atom stereocenters. The molecule has 0 aromatic heterocycles. The smallest absolute Gasteiger partial charge is 0.382 e. The second-order valence-electron chi connectivity index (χ2n) is 3.37. The fourth-order valence-corrected chi connectivity index (χ4v) is 1.12. The molecule has 0 aliphatic rings.